The lowest BCUT2D eigenvalue weighted by Gasteiger charge is -2.15. The molecule has 0 spiro atoms. The molecule has 1 nitrogen and oxygen atoms in total. The van der Waals surface area contributed by atoms with Crippen LogP contribution in [0.3, 0.4) is 0 Å². The third-order valence-electron chi connectivity index (χ3n) is 2.82. The van der Waals surface area contributed by atoms with Gasteiger partial charge in [0.25, 0.3) is 0 Å². The molecule has 0 saturated carbocycles. The minimum absolute atomic E-state index is 0.280. The molecule has 1 unspecified atom stereocenters. The molecule has 17 heavy (non-hydrogen) atoms. The van der Waals surface area contributed by atoms with Gasteiger partial charge in [-0.15, -0.1) is 0 Å². The van der Waals surface area contributed by atoms with Crippen molar-refractivity contribution in [1.82, 2.24) is 0 Å². The zero-order valence-electron chi connectivity index (χ0n) is 10.6. The summed E-state index contributed by atoms with van der Waals surface area (Å²) >= 11 is 5.70. The number of rotatable bonds is 7. The van der Waals surface area contributed by atoms with Gasteiger partial charge >= 0.3 is 0 Å². The van der Waals surface area contributed by atoms with E-state index in [0.29, 0.717) is 16.8 Å². The molecule has 0 bridgehead atoms. The highest BCUT2D eigenvalue weighted by atomic mass is 35.5. The van der Waals surface area contributed by atoms with Gasteiger partial charge in [-0.25, -0.2) is 4.39 Å². The van der Waals surface area contributed by atoms with Gasteiger partial charge in [0, 0.05) is 11.1 Å². The molecule has 0 saturated heterocycles. The van der Waals surface area contributed by atoms with E-state index in [-0.39, 0.29) is 5.82 Å². The van der Waals surface area contributed by atoms with Crippen LogP contribution in [0.1, 0.15) is 46.0 Å². The highest BCUT2D eigenvalue weighted by Crippen LogP contribution is 2.20. The Morgan fingerprint density at radius 1 is 1.29 bits per heavy atom. The minimum Gasteiger partial charge on any atom is -0.380 e. The molecule has 1 aromatic rings. The maximum Gasteiger partial charge on any atom is 0.147 e. The van der Waals surface area contributed by atoms with Gasteiger partial charge in [0.15, 0.2) is 0 Å². The second-order valence-electron chi connectivity index (χ2n) is 4.52. The normalized spacial score (nSPS) is 12.5. The first-order chi connectivity index (χ1) is 8.13. The molecule has 0 heterocycles. The Balaban J connectivity index is 2.37. The summed E-state index contributed by atoms with van der Waals surface area (Å²) in [5.74, 6) is -0.280. The topological polar surface area (TPSA) is 12.0 Å². The summed E-state index contributed by atoms with van der Waals surface area (Å²) in [4.78, 5) is 0. The fourth-order valence-corrected chi connectivity index (χ4v) is 1.98. The predicted molar refractivity (Wildman–Crippen MR) is 73.3 cm³/mol. The molecule has 96 valence electrons. The van der Waals surface area contributed by atoms with Crippen molar-refractivity contribution in [2.75, 3.05) is 5.32 Å². The van der Waals surface area contributed by atoms with E-state index in [4.69, 9.17) is 11.6 Å². The maximum atomic E-state index is 13.5. The van der Waals surface area contributed by atoms with E-state index < -0.39 is 0 Å². The van der Waals surface area contributed by atoms with E-state index in [1.807, 2.05) is 0 Å². The van der Waals surface area contributed by atoms with Gasteiger partial charge in [-0.1, -0.05) is 44.2 Å². The molecule has 0 aromatic heterocycles. The second-order valence-corrected chi connectivity index (χ2v) is 4.96. The fraction of sp³-hybridized carbons (Fsp3) is 0.571. The first kappa shape index (κ1) is 14.3. The van der Waals surface area contributed by atoms with Crippen LogP contribution in [0.5, 0.6) is 0 Å². The Bertz CT molecular complexity index is 341. The summed E-state index contributed by atoms with van der Waals surface area (Å²) < 4.78 is 13.5. The Hall–Kier alpha value is -0.760. The summed E-state index contributed by atoms with van der Waals surface area (Å²) in [6, 6.07) is 5.03. The lowest BCUT2D eigenvalue weighted by atomic mass is 10.1. The summed E-state index contributed by atoms with van der Waals surface area (Å²) in [6.07, 6.45) is 6.04. The van der Waals surface area contributed by atoms with Gasteiger partial charge in [-0.2, -0.15) is 0 Å². The van der Waals surface area contributed by atoms with Crippen LogP contribution in [-0.4, -0.2) is 6.04 Å². The van der Waals surface area contributed by atoms with Gasteiger partial charge in [0.05, 0.1) is 5.69 Å². The van der Waals surface area contributed by atoms with Crippen molar-refractivity contribution >= 4 is 17.3 Å². The van der Waals surface area contributed by atoms with Crippen molar-refractivity contribution in [3.8, 4) is 0 Å². The smallest absolute Gasteiger partial charge is 0.147 e. The van der Waals surface area contributed by atoms with Gasteiger partial charge < -0.3 is 5.32 Å². The van der Waals surface area contributed by atoms with Crippen molar-refractivity contribution < 1.29 is 4.39 Å². The maximum absolute atomic E-state index is 13.5. The molecule has 0 aliphatic heterocycles. The van der Waals surface area contributed by atoms with Crippen LogP contribution >= 0.6 is 11.6 Å². The van der Waals surface area contributed by atoms with Crippen LogP contribution in [0.25, 0.3) is 0 Å². The number of anilines is 1. The molecular weight excluding hydrogens is 237 g/mol. The highest BCUT2D eigenvalue weighted by molar-refractivity contribution is 6.30. The largest absolute Gasteiger partial charge is 0.380 e. The first-order valence-corrected chi connectivity index (χ1v) is 6.73. The van der Waals surface area contributed by atoms with Crippen molar-refractivity contribution in [3.63, 3.8) is 0 Å². The molecular formula is C14H21ClFN. The predicted octanol–water partition coefficient (Wildman–Crippen LogP) is 5.25. The summed E-state index contributed by atoms with van der Waals surface area (Å²) in [7, 11) is 0. The SMILES string of the molecule is CCCCCCC(C)Nc1ccc(Cl)cc1F. The Labute approximate surface area is 108 Å². The number of hydrogen-bond donors (Lipinski definition) is 1. The molecule has 1 aromatic carbocycles. The van der Waals surface area contributed by atoms with Crippen molar-refractivity contribution in [1.29, 1.82) is 0 Å². The van der Waals surface area contributed by atoms with Crippen LogP contribution in [0.2, 0.25) is 5.02 Å². The quantitative estimate of drug-likeness (QED) is 0.658. The molecule has 0 aliphatic carbocycles. The molecule has 0 aliphatic rings. The Kier molecular flexibility index (Phi) is 6.35. The van der Waals surface area contributed by atoms with Gasteiger partial charge in [-0.05, 0) is 31.5 Å². The van der Waals surface area contributed by atoms with Gasteiger partial charge in [0.2, 0.25) is 0 Å². The lowest BCUT2D eigenvalue weighted by Crippen LogP contribution is -2.15. The summed E-state index contributed by atoms with van der Waals surface area (Å²) in [5.41, 5.74) is 0.539. The molecule has 0 fully saturated rings. The van der Waals surface area contributed by atoms with Gasteiger partial charge in [0.1, 0.15) is 5.82 Å². The van der Waals surface area contributed by atoms with Crippen molar-refractivity contribution in [2.24, 2.45) is 0 Å². The fourth-order valence-electron chi connectivity index (χ4n) is 1.82. The third-order valence-corrected chi connectivity index (χ3v) is 3.06. The van der Waals surface area contributed by atoms with Crippen LogP contribution in [0.15, 0.2) is 18.2 Å². The minimum atomic E-state index is -0.280. The average molecular weight is 258 g/mol. The van der Waals surface area contributed by atoms with E-state index in [1.54, 1.807) is 12.1 Å². The Morgan fingerprint density at radius 2 is 2.06 bits per heavy atom. The van der Waals surface area contributed by atoms with E-state index in [1.165, 1.54) is 31.7 Å². The Morgan fingerprint density at radius 3 is 2.71 bits per heavy atom. The number of hydrogen-bond acceptors (Lipinski definition) is 1. The molecule has 1 rings (SSSR count). The molecule has 1 atom stereocenters. The number of unbranched alkanes of at least 4 members (excludes halogenated alkanes) is 3. The first-order valence-electron chi connectivity index (χ1n) is 6.35. The van der Waals surface area contributed by atoms with Gasteiger partial charge in [-0.3, -0.25) is 0 Å². The number of halogens is 2. The summed E-state index contributed by atoms with van der Waals surface area (Å²) in [5, 5.41) is 3.61. The third kappa shape index (κ3) is 5.40. The molecule has 0 radical (unpaired) electrons. The van der Waals surface area contributed by atoms with E-state index >= 15 is 0 Å². The zero-order chi connectivity index (χ0) is 12.7. The van der Waals surface area contributed by atoms with Crippen LogP contribution in [-0.2, 0) is 0 Å². The number of nitrogens with one attached hydrogen (secondary N) is 1. The van der Waals surface area contributed by atoms with E-state index in [2.05, 4.69) is 19.2 Å². The zero-order valence-corrected chi connectivity index (χ0v) is 11.4. The van der Waals surface area contributed by atoms with Crippen LogP contribution in [0, 0.1) is 5.82 Å². The van der Waals surface area contributed by atoms with Crippen molar-refractivity contribution in [2.45, 2.75) is 52.0 Å². The van der Waals surface area contributed by atoms with Crippen LogP contribution < -0.4 is 5.32 Å². The monoisotopic (exact) mass is 257 g/mol. The lowest BCUT2D eigenvalue weighted by molar-refractivity contribution is 0.586. The average Bonchev–Trinajstić information content (AvgIpc) is 2.28. The molecule has 0 amide bonds. The highest BCUT2D eigenvalue weighted by Gasteiger charge is 2.06. The van der Waals surface area contributed by atoms with Crippen molar-refractivity contribution in [3.05, 3.63) is 29.0 Å². The standard InChI is InChI=1S/C14H21ClFN/c1-3-4-5-6-7-11(2)17-14-9-8-12(15)10-13(14)16/h8-11,17H,3-7H2,1-2H3. The molecule has 1 N–H and O–H groups in total. The van der Waals surface area contributed by atoms with E-state index in [9.17, 15) is 4.39 Å². The molecule has 3 heteroatoms. The number of benzene rings is 1. The van der Waals surface area contributed by atoms with Crippen LogP contribution in [0.4, 0.5) is 10.1 Å². The van der Waals surface area contributed by atoms with E-state index in [0.717, 1.165) is 6.42 Å². The second kappa shape index (κ2) is 7.54. The summed E-state index contributed by atoms with van der Waals surface area (Å²) in [6.45, 7) is 4.28.